The average molecular weight is 394 g/mol. The highest BCUT2D eigenvalue weighted by atomic mass is 32.2. The van der Waals surface area contributed by atoms with E-state index in [1.807, 2.05) is 0 Å². The number of sulfonamides is 1. The number of piperidine rings is 1. The van der Waals surface area contributed by atoms with Gasteiger partial charge >= 0.3 is 0 Å². The first kappa shape index (κ1) is 18.1. The van der Waals surface area contributed by atoms with Gasteiger partial charge < -0.3 is 14.4 Å². The molecule has 3 heterocycles. The number of nitrogens with one attached hydrogen (secondary N) is 1. The summed E-state index contributed by atoms with van der Waals surface area (Å²) in [6.07, 6.45) is 5.15. The fraction of sp³-hybridized carbons (Fsp3) is 0.625. The number of imidazole rings is 1. The Bertz CT molecular complexity index is 948. The Labute approximate surface area is 157 Å². The molecule has 0 unspecified atom stereocenters. The van der Waals surface area contributed by atoms with Crippen LogP contribution < -0.4 is 5.32 Å². The number of aryl methyl sites for hydroxylation is 2. The molecule has 11 heteroatoms. The number of aromatic nitrogens is 4. The second kappa shape index (κ2) is 6.71. The van der Waals surface area contributed by atoms with Gasteiger partial charge in [-0.3, -0.25) is 4.79 Å². The van der Waals surface area contributed by atoms with Gasteiger partial charge in [0, 0.05) is 32.3 Å². The summed E-state index contributed by atoms with van der Waals surface area (Å²) in [5.74, 6) is 0.713. The monoisotopic (exact) mass is 394 g/mol. The van der Waals surface area contributed by atoms with Crippen LogP contribution in [0, 0.1) is 12.8 Å². The van der Waals surface area contributed by atoms with E-state index in [4.69, 9.17) is 4.52 Å². The Morgan fingerprint density at radius 3 is 2.70 bits per heavy atom. The summed E-state index contributed by atoms with van der Waals surface area (Å²) in [5, 5.41) is 6.83. The van der Waals surface area contributed by atoms with Crippen molar-refractivity contribution >= 4 is 15.9 Å². The normalized spacial score (nSPS) is 24.1. The number of nitrogens with zero attached hydrogens (tertiary/aromatic N) is 5. The molecule has 1 saturated carbocycles. The van der Waals surface area contributed by atoms with E-state index in [0.29, 0.717) is 24.7 Å². The quantitative estimate of drug-likeness (QED) is 0.767. The molecule has 4 rings (SSSR count). The first-order valence-electron chi connectivity index (χ1n) is 8.93. The third kappa shape index (κ3) is 3.61. The summed E-state index contributed by atoms with van der Waals surface area (Å²) >= 11 is 0. The minimum atomic E-state index is -3.73. The van der Waals surface area contributed by atoms with Crippen molar-refractivity contribution in [3.8, 4) is 0 Å². The van der Waals surface area contributed by atoms with Crippen LogP contribution >= 0.6 is 0 Å². The lowest BCUT2D eigenvalue weighted by Crippen LogP contribution is -2.53. The molecule has 2 atom stereocenters. The van der Waals surface area contributed by atoms with Crippen molar-refractivity contribution in [2.75, 3.05) is 13.1 Å². The third-order valence-electron chi connectivity index (χ3n) is 5.00. The molecule has 2 aromatic heterocycles. The molecule has 1 saturated heterocycles. The zero-order valence-corrected chi connectivity index (χ0v) is 16.0. The van der Waals surface area contributed by atoms with E-state index >= 15 is 0 Å². The second-order valence-corrected chi connectivity index (χ2v) is 9.09. The molecule has 1 aliphatic heterocycles. The van der Waals surface area contributed by atoms with Crippen LogP contribution in [0.15, 0.2) is 22.1 Å². The van der Waals surface area contributed by atoms with Crippen molar-refractivity contribution in [2.24, 2.45) is 13.0 Å². The maximum atomic E-state index is 12.9. The fourth-order valence-corrected chi connectivity index (χ4v) is 4.79. The van der Waals surface area contributed by atoms with Gasteiger partial charge in [-0.2, -0.15) is 9.29 Å². The summed E-state index contributed by atoms with van der Waals surface area (Å²) in [6.45, 7) is 2.16. The van der Waals surface area contributed by atoms with E-state index in [2.05, 4.69) is 20.4 Å². The predicted octanol–water partition coefficient (Wildman–Crippen LogP) is 0.185. The lowest BCUT2D eigenvalue weighted by molar-refractivity contribution is -0.123. The zero-order valence-electron chi connectivity index (χ0n) is 15.2. The lowest BCUT2D eigenvalue weighted by atomic mass is 9.92. The van der Waals surface area contributed by atoms with Gasteiger partial charge in [-0.05, 0) is 26.2 Å². The van der Waals surface area contributed by atoms with Gasteiger partial charge in [0.25, 0.3) is 10.0 Å². The molecule has 2 fully saturated rings. The molecule has 10 nitrogen and oxygen atoms in total. The number of hydrogen-bond donors (Lipinski definition) is 1. The second-order valence-electron chi connectivity index (χ2n) is 7.20. The van der Waals surface area contributed by atoms with E-state index in [0.717, 1.165) is 12.8 Å². The highest BCUT2D eigenvalue weighted by molar-refractivity contribution is 7.89. The van der Waals surface area contributed by atoms with Crippen LogP contribution in [-0.4, -0.2) is 57.5 Å². The molecule has 146 valence electrons. The van der Waals surface area contributed by atoms with Crippen molar-refractivity contribution in [1.82, 2.24) is 29.3 Å². The molecule has 0 bridgehead atoms. The summed E-state index contributed by atoms with van der Waals surface area (Å²) in [7, 11) is -2.01. The van der Waals surface area contributed by atoms with Gasteiger partial charge in [-0.15, -0.1) is 0 Å². The van der Waals surface area contributed by atoms with E-state index in [1.54, 1.807) is 18.5 Å². The minimum absolute atomic E-state index is 0.00403. The molecule has 0 aromatic carbocycles. The van der Waals surface area contributed by atoms with E-state index in [1.165, 1.54) is 16.8 Å². The van der Waals surface area contributed by atoms with Crippen LogP contribution in [-0.2, 0) is 21.9 Å². The van der Waals surface area contributed by atoms with Crippen LogP contribution in [0.3, 0.4) is 0 Å². The Morgan fingerprint density at radius 1 is 1.33 bits per heavy atom. The molecule has 2 aliphatic rings. The molecule has 1 N–H and O–H groups in total. The van der Waals surface area contributed by atoms with Crippen molar-refractivity contribution in [3.63, 3.8) is 0 Å². The number of hydrogen-bond acceptors (Lipinski definition) is 7. The van der Waals surface area contributed by atoms with Gasteiger partial charge in [0.1, 0.15) is 0 Å². The summed E-state index contributed by atoms with van der Waals surface area (Å²) < 4.78 is 34.1. The number of amides is 1. The molecule has 27 heavy (non-hydrogen) atoms. The summed E-state index contributed by atoms with van der Waals surface area (Å²) in [4.78, 5) is 20.6. The Hall–Kier alpha value is -2.27. The van der Waals surface area contributed by atoms with Gasteiger partial charge in [0.05, 0.1) is 18.3 Å². The Morgan fingerprint density at radius 2 is 2.11 bits per heavy atom. The molecular formula is C16H22N6O4S. The van der Waals surface area contributed by atoms with Gasteiger partial charge in [-0.1, -0.05) is 5.16 Å². The van der Waals surface area contributed by atoms with Crippen LogP contribution in [0.1, 0.15) is 36.9 Å². The Kier molecular flexibility index (Phi) is 4.50. The van der Waals surface area contributed by atoms with E-state index in [9.17, 15) is 13.2 Å². The van der Waals surface area contributed by atoms with E-state index < -0.39 is 16.1 Å². The van der Waals surface area contributed by atoms with E-state index in [-0.39, 0.29) is 29.3 Å². The largest absolute Gasteiger partial charge is 0.351 e. The zero-order chi connectivity index (χ0) is 19.2. The topological polar surface area (TPSA) is 123 Å². The standard InChI is InChI=1S/C16H22N6O4S/c1-10-18-16(26-20-10)12-5-6-22(7-13(12)19-15(23)11-3-4-11)27(24,25)14-8-21(2)9-17-14/h8-9,11-13H,3-7H2,1-2H3,(H,19,23)/t12-,13+/m0/s1. The number of carbonyl (C=O) groups excluding carboxylic acids is 1. The summed E-state index contributed by atoms with van der Waals surface area (Å²) in [5.41, 5.74) is 0. The molecule has 0 radical (unpaired) electrons. The lowest BCUT2D eigenvalue weighted by Gasteiger charge is -2.36. The van der Waals surface area contributed by atoms with Gasteiger partial charge in [0.2, 0.25) is 11.8 Å². The predicted molar refractivity (Wildman–Crippen MR) is 93.0 cm³/mol. The Balaban J connectivity index is 1.58. The van der Waals surface area contributed by atoms with Crippen LogP contribution in [0.4, 0.5) is 0 Å². The molecule has 1 amide bonds. The highest BCUT2D eigenvalue weighted by Gasteiger charge is 2.41. The van der Waals surface area contributed by atoms with Gasteiger partial charge in [0.15, 0.2) is 10.9 Å². The maximum Gasteiger partial charge on any atom is 0.262 e. The van der Waals surface area contributed by atoms with Crippen molar-refractivity contribution in [3.05, 3.63) is 24.2 Å². The molecule has 2 aromatic rings. The number of rotatable bonds is 5. The third-order valence-corrected chi connectivity index (χ3v) is 6.75. The molecule has 0 spiro atoms. The van der Waals surface area contributed by atoms with Crippen LogP contribution in [0.5, 0.6) is 0 Å². The van der Waals surface area contributed by atoms with Crippen molar-refractivity contribution in [1.29, 1.82) is 0 Å². The van der Waals surface area contributed by atoms with Gasteiger partial charge in [-0.25, -0.2) is 13.4 Å². The molecule has 1 aliphatic carbocycles. The first-order chi connectivity index (χ1) is 12.8. The summed E-state index contributed by atoms with van der Waals surface area (Å²) in [6, 6.07) is -0.426. The van der Waals surface area contributed by atoms with Crippen molar-refractivity contribution in [2.45, 2.75) is 43.2 Å². The van der Waals surface area contributed by atoms with Crippen LogP contribution in [0.25, 0.3) is 0 Å². The van der Waals surface area contributed by atoms with Crippen LogP contribution in [0.2, 0.25) is 0 Å². The smallest absolute Gasteiger partial charge is 0.262 e. The SMILES string of the molecule is Cc1noc([C@H]2CCN(S(=O)(=O)c3cn(C)cn3)C[C@H]2NC(=O)C2CC2)n1. The minimum Gasteiger partial charge on any atom is -0.351 e. The average Bonchev–Trinajstić information content (AvgIpc) is 3.26. The fourth-order valence-electron chi connectivity index (χ4n) is 3.35. The molecular weight excluding hydrogens is 372 g/mol. The first-order valence-corrected chi connectivity index (χ1v) is 10.4. The highest BCUT2D eigenvalue weighted by Crippen LogP contribution is 2.33. The number of carbonyl (C=O) groups is 1. The maximum absolute atomic E-state index is 12.9. The van der Waals surface area contributed by atoms with Crippen molar-refractivity contribution < 1.29 is 17.7 Å².